The number of aromatic nitrogens is 1. The molecule has 0 radical (unpaired) electrons. The number of nitrogens with one attached hydrogen (secondary N) is 1. The van der Waals surface area contributed by atoms with Crippen LogP contribution in [0.5, 0.6) is 0 Å². The number of hydrogen-bond donors (Lipinski definition) is 2. The Kier molecular flexibility index (Phi) is 3.45. The van der Waals surface area contributed by atoms with Crippen molar-refractivity contribution in [2.24, 2.45) is 5.16 Å². The topological polar surface area (TPSA) is 57.5 Å². The Morgan fingerprint density at radius 2 is 2.29 bits per heavy atom. The van der Waals surface area contributed by atoms with Crippen LogP contribution in [0.3, 0.4) is 0 Å². The Morgan fingerprint density at radius 1 is 1.57 bits per heavy atom. The molecule has 4 nitrogen and oxygen atoms in total. The van der Waals surface area contributed by atoms with Crippen molar-refractivity contribution in [1.82, 2.24) is 4.98 Å². The largest absolute Gasteiger partial charge is 0.411 e. The van der Waals surface area contributed by atoms with Gasteiger partial charge in [0, 0.05) is 17.8 Å². The first-order valence-electron chi connectivity index (χ1n) is 4.54. The number of hydrogen-bond acceptors (Lipinski definition) is 4. The van der Waals surface area contributed by atoms with Gasteiger partial charge in [0.1, 0.15) is 5.82 Å². The van der Waals surface area contributed by atoms with Gasteiger partial charge in [0.05, 0.1) is 6.21 Å². The number of anilines is 1. The lowest BCUT2D eigenvalue weighted by atomic mass is 10.2. The van der Waals surface area contributed by atoms with Gasteiger partial charge in [0.15, 0.2) is 0 Å². The first-order chi connectivity index (χ1) is 6.63. The van der Waals surface area contributed by atoms with Gasteiger partial charge in [-0.25, -0.2) is 4.98 Å². The number of pyridine rings is 1. The molecule has 0 saturated carbocycles. The second-order valence-corrected chi connectivity index (χ2v) is 3.47. The van der Waals surface area contributed by atoms with E-state index in [4.69, 9.17) is 5.21 Å². The molecule has 0 aliphatic rings. The van der Waals surface area contributed by atoms with E-state index in [0.29, 0.717) is 6.04 Å². The van der Waals surface area contributed by atoms with E-state index < -0.39 is 0 Å². The zero-order valence-electron chi connectivity index (χ0n) is 8.65. The van der Waals surface area contributed by atoms with Gasteiger partial charge < -0.3 is 10.5 Å². The summed E-state index contributed by atoms with van der Waals surface area (Å²) >= 11 is 0. The van der Waals surface area contributed by atoms with Gasteiger partial charge in [-0.05, 0) is 32.4 Å². The van der Waals surface area contributed by atoms with Gasteiger partial charge in [-0.3, -0.25) is 0 Å². The number of aryl methyl sites for hydroxylation is 1. The zero-order valence-corrected chi connectivity index (χ0v) is 8.65. The van der Waals surface area contributed by atoms with Crippen LogP contribution in [0.25, 0.3) is 0 Å². The van der Waals surface area contributed by atoms with Crippen molar-refractivity contribution in [2.45, 2.75) is 26.8 Å². The van der Waals surface area contributed by atoms with E-state index in [2.05, 4.69) is 29.3 Å². The Morgan fingerprint density at radius 3 is 2.79 bits per heavy atom. The second kappa shape index (κ2) is 4.60. The molecule has 0 atom stereocenters. The van der Waals surface area contributed by atoms with Crippen LogP contribution >= 0.6 is 0 Å². The molecule has 0 spiro atoms. The fourth-order valence-corrected chi connectivity index (χ4v) is 1.14. The van der Waals surface area contributed by atoms with Crippen LogP contribution in [0.15, 0.2) is 17.4 Å². The molecule has 76 valence electrons. The lowest BCUT2D eigenvalue weighted by Gasteiger charge is -2.09. The predicted molar refractivity (Wildman–Crippen MR) is 57.1 cm³/mol. The van der Waals surface area contributed by atoms with Crippen LogP contribution in [-0.2, 0) is 0 Å². The van der Waals surface area contributed by atoms with Crippen LogP contribution in [0.1, 0.15) is 25.0 Å². The van der Waals surface area contributed by atoms with Crippen molar-refractivity contribution in [2.75, 3.05) is 5.32 Å². The molecule has 0 fully saturated rings. The maximum absolute atomic E-state index is 8.38. The summed E-state index contributed by atoms with van der Waals surface area (Å²) in [5.41, 5.74) is 1.85. The molecule has 0 unspecified atom stereocenters. The van der Waals surface area contributed by atoms with E-state index >= 15 is 0 Å². The van der Waals surface area contributed by atoms with E-state index in [1.165, 1.54) is 6.21 Å². The first-order valence-corrected chi connectivity index (χ1v) is 4.54. The van der Waals surface area contributed by atoms with Gasteiger partial charge >= 0.3 is 0 Å². The Labute approximate surface area is 83.7 Å². The average molecular weight is 193 g/mol. The summed E-state index contributed by atoms with van der Waals surface area (Å²) in [6.07, 6.45) is 3.06. The van der Waals surface area contributed by atoms with E-state index in [1.54, 1.807) is 6.20 Å². The molecule has 1 aromatic heterocycles. The molecule has 0 aliphatic heterocycles. The molecular weight excluding hydrogens is 178 g/mol. The van der Waals surface area contributed by atoms with E-state index in [0.717, 1.165) is 16.9 Å². The lowest BCUT2D eigenvalue weighted by molar-refractivity contribution is 0.322. The fourth-order valence-electron chi connectivity index (χ4n) is 1.14. The summed E-state index contributed by atoms with van der Waals surface area (Å²) < 4.78 is 0. The molecule has 0 saturated heterocycles. The molecule has 1 aromatic rings. The quantitative estimate of drug-likeness (QED) is 0.438. The van der Waals surface area contributed by atoms with Crippen molar-refractivity contribution >= 4 is 12.0 Å². The maximum Gasteiger partial charge on any atom is 0.126 e. The lowest BCUT2D eigenvalue weighted by Crippen LogP contribution is -2.11. The van der Waals surface area contributed by atoms with E-state index in [9.17, 15) is 0 Å². The summed E-state index contributed by atoms with van der Waals surface area (Å²) in [6.45, 7) is 6.06. The highest BCUT2D eigenvalue weighted by molar-refractivity contribution is 5.81. The van der Waals surface area contributed by atoms with Crippen molar-refractivity contribution in [3.05, 3.63) is 23.4 Å². The minimum absolute atomic E-state index is 0.360. The van der Waals surface area contributed by atoms with Crippen LogP contribution in [0.2, 0.25) is 0 Å². The Balaban J connectivity index is 2.88. The van der Waals surface area contributed by atoms with Crippen LogP contribution < -0.4 is 5.32 Å². The molecule has 2 N–H and O–H groups in total. The third-order valence-corrected chi connectivity index (χ3v) is 1.78. The minimum Gasteiger partial charge on any atom is -0.411 e. The zero-order chi connectivity index (χ0) is 10.6. The number of rotatable bonds is 3. The Bertz CT molecular complexity index is 334. The SMILES string of the molecule is Cc1cc(NC(C)C)ncc1/C=N/O. The van der Waals surface area contributed by atoms with Crippen LogP contribution in [0.4, 0.5) is 5.82 Å². The molecule has 4 heteroatoms. The highest BCUT2D eigenvalue weighted by atomic mass is 16.4. The molecule has 14 heavy (non-hydrogen) atoms. The molecule has 1 heterocycles. The van der Waals surface area contributed by atoms with Crippen molar-refractivity contribution in [3.8, 4) is 0 Å². The van der Waals surface area contributed by atoms with Gasteiger partial charge in [-0.1, -0.05) is 5.16 Å². The summed E-state index contributed by atoms with van der Waals surface area (Å²) in [5, 5.41) is 14.6. The van der Waals surface area contributed by atoms with Gasteiger partial charge in [0.25, 0.3) is 0 Å². The highest BCUT2D eigenvalue weighted by Crippen LogP contribution is 2.10. The van der Waals surface area contributed by atoms with E-state index in [1.807, 2.05) is 13.0 Å². The third-order valence-electron chi connectivity index (χ3n) is 1.78. The van der Waals surface area contributed by atoms with Crippen molar-refractivity contribution in [1.29, 1.82) is 0 Å². The van der Waals surface area contributed by atoms with E-state index in [-0.39, 0.29) is 0 Å². The molecular formula is C10H15N3O. The maximum atomic E-state index is 8.38. The van der Waals surface area contributed by atoms with Crippen LogP contribution in [0, 0.1) is 6.92 Å². The standard InChI is InChI=1S/C10H15N3O/c1-7(2)13-10-4-8(3)9(5-11-10)6-12-14/h4-7,14H,1-3H3,(H,11,13)/b12-6+. The predicted octanol–water partition coefficient (Wildman–Crippen LogP) is 2.02. The van der Waals surface area contributed by atoms with Crippen molar-refractivity contribution < 1.29 is 5.21 Å². The molecule has 0 aromatic carbocycles. The monoisotopic (exact) mass is 193 g/mol. The normalized spacial score (nSPS) is 11.1. The van der Waals surface area contributed by atoms with Crippen molar-refractivity contribution in [3.63, 3.8) is 0 Å². The van der Waals surface area contributed by atoms with Gasteiger partial charge in [0.2, 0.25) is 0 Å². The molecule has 0 bridgehead atoms. The number of oxime groups is 1. The smallest absolute Gasteiger partial charge is 0.126 e. The third kappa shape index (κ3) is 2.73. The highest BCUT2D eigenvalue weighted by Gasteiger charge is 2.00. The fraction of sp³-hybridized carbons (Fsp3) is 0.400. The summed E-state index contributed by atoms with van der Waals surface area (Å²) in [7, 11) is 0. The summed E-state index contributed by atoms with van der Waals surface area (Å²) in [5.74, 6) is 0.840. The molecule has 0 amide bonds. The molecule has 1 rings (SSSR count). The minimum atomic E-state index is 0.360. The second-order valence-electron chi connectivity index (χ2n) is 3.47. The first kappa shape index (κ1) is 10.5. The van der Waals surface area contributed by atoms with Gasteiger partial charge in [-0.15, -0.1) is 0 Å². The number of nitrogens with zero attached hydrogens (tertiary/aromatic N) is 2. The average Bonchev–Trinajstić information content (AvgIpc) is 2.09. The van der Waals surface area contributed by atoms with Crippen LogP contribution in [-0.4, -0.2) is 22.4 Å². The summed E-state index contributed by atoms with van der Waals surface area (Å²) in [6, 6.07) is 2.29. The van der Waals surface area contributed by atoms with Gasteiger partial charge in [-0.2, -0.15) is 0 Å². The summed E-state index contributed by atoms with van der Waals surface area (Å²) in [4.78, 5) is 4.18. The molecule has 0 aliphatic carbocycles. The Hall–Kier alpha value is -1.58.